The number of carbonyl (C=O) groups is 1. The van der Waals surface area contributed by atoms with Gasteiger partial charge in [0.05, 0.1) is 0 Å². The zero-order chi connectivity index (χ0) is 14.4. The third kappa shape index (κ3) is 3.56. The summed E-state index contributed by atoms with van der Waals surface area (Å²) < 4.78 is 0. The zero-order valence-electron chi connectivity index (χ0n) is 10.9. The maximum Gasteiger partial charge on any atom is 0.337 e. The number of hydrogen-bond acceptors (Lipinski definition) is 2. The van der Waals surface area contributed by atoms with Crippen molar-refractivity contribution in [3.05, 3.63) is 77.4 Å². The van der Waals surface area contributed by atoms with E-state index in [0.29, 0.717) is 5.56 Å². The Morgan fingerprint density at radius 3 is 2.30 bits per heavy atom. The molecule has 0 heterocycles. The van der Waals surface area contributed by atoms with Crippen LogP contribution in [-0.2, 0) is 11.2 Å². The summed E-state index contributed by atoms with van der Waals surface area (Å²) in [7, 11) is 0. The molecule has 0 amide bonds. The zero-order valence-corrected chi connectivity index (χ0v) is 10.9. The van der Waals surface area contributed by atoms with Crippen molar-refractivity contribution in [2.24, 2.45) is 0 Å². The second kappa shape index (κ2) is 6.68. The molecule has 0 saturated carbocycles. The molecule has 0 saturated heterocycles. The van der Waals surface area contributed by atoms with Gasteiger partial charge >= 0.3 is 5.97 Å². The third-order valence-corrected chi connectivity index (χ3v) is 3.04. The van der Waals surface area contributed by atoms with E-state index in [1.54, 1.807) is 30.3 Å². The largest absolute Gasteiger partial charge is 0.479 e. The van der Waals surface area contributed by atoms with Crippen molar-refractivity contribution in [3.8, 4) is 0 Å². The molecule has 0 aliphatic heterocycles. The van der Waals surface area contributed by atoms with E-state index >= 15 is 0 Å². The van der Waals surface area contributed by atoms with Gasteiger partial charge in [-0.2, -0.15) is 0 Å². The van der Waals surface area contributed by atoms with Crippen molar-refractivity contribution < 1.29 is 15.0 Å². The number of rotatable bonds is 2. The van der Waals surface area contributed by atoms with Crippen LogP contribution >= 0.6 is 0 Å². The van der Waals surface area contributed by atoms with E-state index in [4.69, 9.17) is 10.2 Å². The molecule has 1 aliphatic rings. The Bertz CT molecular complexity index is 603. The Morgan fingerprint density at radius 2 is 1.65 bits per heavy atom. The number of carboxylic acids is 1. The predicted molar refractivity (Wildman–Crippen MR) is 78.2 cm³/mol. The van der Waals surface area contributed by atoms with Gasteiger partial charge in [0, 0.05) is 0 Å². The van der Waals surface area contributed by atoms with Gasteiger partial charge in [-0.05, 0) is 23.1 Å². The predicted octanol–water partition coefficient (Wildman–Crippen LogP) is 3.06. The van der Waals surface area contributed by atoms with Gasteiger partial charge in [0.2, 0.25) is 0 Å². The van der Waals surface area contributed by atoms with Crippen LogP contribution < -0.4 is 0 Å². The Hall–Kier alpha value is -2.39. The topological polar surface area (TPSA) is 57.5 Å². The maximum atomic E-state index is 10.2. The number of benzene rings is 2. The fourth-order valence-electron chi connectivity index (χ4n) is 1.97. The van der Waals surface area contributed by atoms with Gasteiger partial charge < -0.3 is 10.2 Å². The van der Waals surface area contributed by atoms with Crippen LogP contribution in [0.25, 0.3) is 6.08 Å². The average Bonchev–Trinajstić information content (AvgIpc) is 2.96. The second-order valence-electron chi connectivity index (χ2n) is 4.46. The highest BCUT2D eigenvalue weighted by Crippen LogP contribution is 2.17. The molecule has 0 bridgehead atoms. The summed E-state index contributed by atoms with van der Waals surface area (Å²) in [5.41, 5.74) is 3.25. The monoisotopic (exact) mass is 268 g/mol. The Kier molecular flexibility index (Phi) is 4.69. The smallest absolute Gasteiger partial charge is 0.337 e. The molecule has 3 nitrogen and oxygen atoms in total. The molecule has 20 heavy (non-hydrogen) atoms. The first-order valence-electron chi connectivity index (χ1n) is 6.39. The lowest BCUT2D eigenvalue weighted by Gasteiger charge is -2.03. The number of allylic oxidation sites excluding steroid dienone is 1. The minimum absolute atomic E-state index is 0.403. The standard InChI is InChI=1S/C9H8.C8H8O3/c1-2-5-9-7-3-6-8(9)4-1;9-7(8(10)11)6-4-2-1-3-5-6/h1-6H,7H2;1-5,7,9H,(H,10,11). The maximum absolute atomic E-state index is 10.2. The average molecular weight is 268 g/mol. The van der Waals surface area contributed by atoms with E-state index in [1.165, 1.54) is 11.1 Å². The molecular formula is C17H16O3. The molecule has 2 aromatic carbocycles. The van der Waals surface area contributed by atoms with Crippen LogP contribution in [-0.4, -0.2) is 16.2 Å². The molecule has 1 aliphatic carbocycles. The van der Waals surface area contributed by atoms with Crippen molar-refractivity contribution in [1.82, 2.24) is 0 Å². The molecule has 102 valence electrons. The van der Waals surface area contributed by atoms with Crippen molar-refractivity contribution in [2.75, 3.05) is 0 Å². The first-order chi connectivity index (χ1) is 9.68. The minimum atomic E-state index is -1.41. The number of fused-ring (bicyclic) bond motifs is 1. The van der Waals surface area contributed by atoms with Crippen molar-refractivity contribution in [2.45, 2.75) is 12.5 Å². The highest BCUT2D eigenvalue weighted by molar-refractivity contribution is 5.73. The van der Waals surface area contributed by atoms with Crippen LogP contribution in [0.5, 0.6) is 0 Å². The molecule has 0 radical (unpaired) electrons. The van der Waals surface area contributed by atoms with Crippen molar-refractivity contribution in [1.29, 1.82) is 0 Å². The highest BCUT2D eigenvalue weighted by atomic mass is 16.4. The quantitative estimate of drug-likeness (QED) is 0.880. The van der Waals surface area contributed by atoms with Gasteiger partial charge in [0.15, 0.2) is 6.10 Å². The van der Waals surface area contributed by atoms with E-state index < -0.39 is 12.1 Å². The SMILES string of the molecule is C1=Cc2ccccc2C1.O=C(O)C(O)c1ccccc1. The molecule has 0 spiro atoms. The Labute approximate surface area is 117 Å². The molecule has 3 rings (SSSR count). The molecular weight excluding hydrogens is 252 g/mol. The van der Waals surface area contributed by atoms with Crippen LogP contribution in [0.1, 0.15) is 22.8 Å². The highest BCUT2D eigenvalue weighted by Gasteiger charge is 2.14. The van der Waals surface area contributed by atoms with Crippen LogP contribution in [0.15, 0.2) is 60.7 Å². The summed E-state index contributed by atoms with van der Waals surface area (Å²) in [5, 5.41) is 17.4. The van der Waals surface area contributed by atoms with Gasteiger partial charge in [-0.15, -0.1) is 0 Å². The first-order valence-corrected chi connectivity index (χ1v) is 6.39. The van der Waals surface area contributed by atoms with Gasteiger partial charge in [-0.3, -0.25) is 0 Å². The van der Waals surface area contributed by atoms with Gasteiger partial charge in [0.1, 0.15) is 0 Å². The number of aliphatic hydroxyl groups is 1. The van der Waals surface area contributed by atoms with Gasteiger partial charge in [-0.1, -0.05) is 66.7 Å². The van der Waals surface area contributed by atoms with Crippen LogP contribution in [0.4, 0.5) is 0 Å². The Morgan fingerprint density at radius 1 is 1.00 bits per heavy atom. The fraction of sp³-hybridized carbons (Fsp3) is 0.118. The summed E-state index contributed by atoms with van der Waals surface area (Å²) in [4.78, 5) is 10.2. The lowest BCUT2D eigenvalue weighted by atomic mass is 10.1. The molecule has 1 atom stereocenters. The molecule has 0 fully saturated rings. The summed E-state index contributed by atoms with van der Waals surface area (Å²) in [6.07, 6.45) is 4.09. The molecule has 3 heteroatoms. The summed E-state index contributed by atoms with van der Waals surface area (Å²) in [5.74, 6) is -1.23. The van der Waals surface area contributed by atoms with E-state index in [1.807, 2.05) is 0 Å². The number of aliphatic hydroxyl groups excluding tert-OH is 1. The minimum Gasteiger partial charge on any atom is -0.479 e. The van der Waals surface area contributed by atoms with E-state index in [2.05, 4.69) is 36.4 Å². The van der Waals surface area contributed by atoms with Crippen LogP contribution in [0, 0.1) is 0 Å². The number of carboxylic acid groups (broad SMARTS) is 1. The normalized spacial score (nSPS) is 13.1. The van der Waals surface area contributed by atoms with E-state index in [9.17, 15) is 4.79 Å². The van der Waals surface area contributed by atoms with Crippen molar-refractivity contribution in [3.63, 3.8) is 0 Å². The fourth-order valence-corrected chi connectivity index (χ4v) is 1.97. The van der Waals surface area contributed by atoms with E-state index in [-0.39, 0.29) is 0 Å². The lowest BCUT2D eigenvalue weighted by Crippen LogP contribution is -2.09. The van der Waals surface area contributed by atoms with Crippen LogP contribution in [0.3, 0.4) is 0 Å². The lowest BCUT2D eigenvalue weighted by molar-refractivity contribution is -0.146. The molecule has 0 aromatic heterocycles. The van der Waals surface area contributed by atoms with Gasteiger partial charge in [-0.25, -0.2) is 4.79 Å². The van der Waals surface area contributed by atoms with Crippen molar-refractivity contribution >= 4 is 12.0 Å². The molecule has 2 N–H and O–H groups in total. The third-order valence-electron chi connectivity index (χ3n) is 3.04. The number of aliphatic carboxylic acids is 1. The van der Waals surface area contributed by atoms with E-state index in [0.717, 1.165) is 6.42 Å². The molecule has 2 aromatic rings. The summed E-state index contributed by atoms with van der Waals surface area (Å²) >= 11 is 0. The van der Waals surface area contributed by atoms with Crippen LogP contribution in [0.2, 0.25) is 0 Å². The second-order valence-corrected chi connectivity index (χ2v) is 4.46. The Balaban J connectivity index is 0.000000149. The summed E-state index contributed by atoms with van der Waals surface area (Å²) in [6, 6.07) is 16.8. The molecule has 1 unspecified atom stereocenters. The number of hydrogen-bond donors (Lipinski definition) is 2. The first kappa shape index (κ1) is 14.0. The summed E-state index contributed by atoms with van der Waals surface area (Å²) in [6.45, 7) is 0. The van der Waals surface area contributed by atoms with Gasteiger partial charge in [0.25, 0.3) is 0 Å².